The van der Waals surface area contributed by atoms with E-state index < -0.39 is 0 Å². The van der Waals surface area contributed by atoms with Crippen molar-refractivity contribution in [1.29, 1.82) is 0 Å². The predicted molar refractivity (Wildman–Crippen MR) is 56.5 cm³/mol. The molecule has 0 atom stereocenters. The molecule has 1 heterocycles. The molecule has 14 heavy (non-hydrogen) atoms. The van der Waals surface area contributed by atoms with Crippen LogP contribution < -0.4 is 0 Å². The first-order valence-electron chi connectivity index (χ1n) is 5.02. The number of carbonyl (C=O) groups excluding carboxylic acids is 1. The maximum Gasteiger partial charge on any atom is 0.273 e. The normalized spacial score (nSPS) is 15.5. The van der Waals surface area contributed by atoms with E-state index in [0.717, 1.165) is 25.8 Å². The van der Waals surface area contributed by atoms with Crippen molar-refractivity contribution in [1.82, 2.24) is 9.88 Å². The lowest BCUT2D eigenvalue weighted by Gasteiger charge is -2.20. The van der Waals surface area contributed by atoms with Crippen LogP contribution in [0.15, 0.2) is 10.9 Å². The first-order chi connectivity index (χ1) is 6.83. The summed E-state index contributed by atoms with van der Waals surface area (Å²) >= 11 is 1.48. The van der Waals surface area contributed by atoms with Gasteiger partial charge in [-0.05, 0) is 19.3 Å². The highest BCUT2D eigenvalue weighted by molar-refractivity contribution is 7.07. The lowest BCUT2D eigenvalue weighted by atomic mass is 10.3. The first-order valence-corrected chi connectivity index (χ1v) is 5.96. The van der Waals surface area contributed by atoms with Gasteiger partial charge in [-0.25, -0.2) is 4.98 Å². The molecule has 1 saturated carbocycles. The zero-order chi connectivity index (χ0) is 9.97. The van der Waals surface area contributed by atoms with Crippen molar-refractivity contribution in [3.8, 4) is 0 Å². The van der Waals surface area contributed by atoms with Crippen LogP contribution in [-0.4, -0.2) is 28.4 Å². The van der Waals surface area contributed by atoms with Crippen LogP contribution in [0.2, 0.25) is 0 Å². The molecule has 1 amide bonds. The zero-order valence-electron chi connectivity index (χ0n) is 8.27. The summed E-state index contributed by atoms with van der Waals surface area (Å²) in [4.78, 5) is 18.0. The molecule has 4 heteroatoms. The minimum atomic E-state index is 0.107. The third-order valence-electron chi connectivity index (χ3n) is 2.36. The van der Waals surface area contributed by atoms with Crippen molar-refractivity contribution in [2.45, 2.75) is 32.2 Å². The summed E-state index contributed by atoms with van der Waals surface area (Å²) in [7, 11) is 0. The molecule has 1 aliphatic rings. The summed E-state index contributed by atoms with van der Waals surface area (Å²) < 4.78 is 0. The van der Waals surface area contributed by atoms with Crippen molar-refractivity contribution >= 4 is 17.2 Å². The van der Waals surface area contributed by atoms with Gasteiger partial charge in [0.15, 0.2) is 0 Å². The van der Waals surface area contributed by atoms with E-state index in [1.54, 1.807) is 5.51 Å². The molecule has 0 saturated heterocycles. The molecule has 0 N–H and O–H groups in total. The van der Waals surface area contributed by atoms with E-state index in [9.17, 15) is 4.79 Å². The van der Waals surface area contributed by atoms with Gasteiger partial charge in [-0.15, -0.1) is 11.3 Å². The van der Waals surface area contributed by atoms with Crippen LogP contribution in [-0.2, 0) is 0 Å². The first kappa shape index (κ1) is 9.65. The number of nitrogens with zero attached hydrogens (tertiary/aromatic N) is 2. The number of thiazole rings is 1. The summed E-state index contributed by atoms with van der Waals surface area (Å²) in [6, 6.07) is 0.490. The summed E-state index contributed by atoms with van der Waals surface area (Å²) in [5.41, 5.74) is 2.32. The fraction of sp³-hybridized carbons (Fsp3) is 0.600. The lowest BCUT2D eigenvalue weighted by molar-refractivity contribution is 0.0738. The Morgan fingerprint density at radius 1 is 1.71 bits per heavy atom. The molecule has 0 spiro atoms. The van der Waals surface area contributed by atoms with Gasteiger partial charge >= 0.3 is 0 Å². The smallest absolute Gasteiger partial charge is 0.273 e. The van der Waals surface area contributed by atoms with Crippen molar-refractivity contribution in [2.24, 2.45) is 0 Å². The average molecular weight is 210 g/mol. The zero-order valence-corrected chi connectivity index (χ0v) is 9.09. The van der Waals surface area contributed by atoms with Crippen molar-refractivity contribution in [2.75, 3.05) is 6.54 Å². The molecule has 0 aromatic carbocycles. The summed E-state index contributed by atoms with van der Waals surface area (Å²) in [5, 5.41) is 1.83. The molecular formula is C10H14N2OS. The van der Waals surface area contributed by atoms with Crippen LogP contribution in [0.5, 0.6) is 0 Å². The van der Waals surface area contributed by atoms with Gasteiger partial charge in [0.2, 0.25) is 0 Å². The average Bonchev–Trinajstić information content (AvgIpc) is 2.88. The third-order valence-corrected chi connectivity index (χ3v) is 2.95. The van der Waals surface area contributed by atoms with Gasteiger partial charge in [-0.1, -0.05) is 6.92 Å². The molecule has 0 unspecified atom stereocenters. The van der Waals surface area contributed by atoms with E-state index >= 15 is 0 Å². The molecule has 76 valence electrons. The summed E-state index contributed by atoms with van der Waals surface area (Å²) in [6.45, 7) is 2.96. The Bertz CT molecular complexity index is 306. The van der Waals surface area contributed by atoms with Crippen LogP contribution >= 0.6 is 11.3 Å². The Kier molecular flexibility index (Phi) is 2.82. The van der Waals surface area contributed by atoms with E-state index in [4.69, 9.17) is 0 Å². The molecule has 0 radical (unpaired) electrons. The van der Waals surface area contributed by atoms with Gasteiger partial charge in [-0.2, -0.15) is 0 Å². The summed E-state index contributed by atoms with van der Waals surface area (Å²) in [6.07, 6.45) is 3.35. The predicted octanol–water partition coefficient (Wildman–Crippen LogP) is 2.16. The Morgan fingerprint density at radius 2 is 2.50 bits per heavy atom. The largest absolute Gasteiger partial charge is 0.334 e. The van der Waals surface area contributed by atoms with Crippen LogP contribution in [0, 0.1) is 0 Å². The molecule has 1 fully saturated rings. The second-order valence-corrected chi connectivity index (χ2v) is 4.32. The fourth-order valence-electron chi connectivity index (χ4n) is 1.54. The highest BCUT2D eigenvalue weighted by Gasteiger charge is 2.32. The quantitative estimate of drug-likeness (QED) is 0.763. The van der Waals surface area contributed by atoms with E-state index in [-0.39, 0.29) is 5.91 Å². The molecule has 0 bridgehead atoms. The number of amides is 1. The maximum absolute atomic E-state index is 11.9. The van der Waals surface area contributed by atoms with Crippen LogP contribution in [0.4, 0.5) is 0 Å². The number of rotatable bonds is 4. The van der Waals surface area contributed by atoms with Crippen LogP contribution in [0.1, 0.15) is 36.7 Å². The molecular weight excluding hydrogens is 196 g/mol. The van der Waals surface area contributed by atoms with Gasteiger partial charge in [0.05, 0.1) is 5.51 Å². The Balaban J connectivity index is 2.07. The topological polar surface area (TPSA) is 33.2 Å². The fourth-order valence-corrected chi connectivity index (χ4v) is 2.07. The third kappa shape index (κ3) is 1.95. The van der Waals surface area contributed by atoms with Gasteiger partial charge in [0.1, 0.15) is 5.69 Å². The standard InChI is InChI=1S/C10H14N2OS/c1-2-5-12(8-3-4-8)10(13)9-6-14-7-11-9/h6-8H,2-5H2,1H3. The molecule has 1 aromatic heterocycles. The number of hydrogen-bond acceptors (Lipinski definition) is 3. The summed E-state index contributed by atoms with van der Waals surface area (Å²) in [5.74, 6) is 0.107. The van der Waals surface area contributed by atoms with Crippen LogP contribution in [0.25, 0.3) is 0 Å². The van der Waals surface area contributed by atoms with Crippen molar-refractivity contribution in [3.63, 3.8) is 0 Å². The lowest BCUT2D eigenvalue weighted by Crippen LogP contribution is -2.33. The molecule has 1 aromatic rings. The van der Waals surface area contributed by atoms with Crippen molar-refractivity contribution < 1.29 is 4.79 Å². The highest BCUT2D eigenvalue weighted by atomic mass is 32.1. The SMILES string of the molecule is CCCN(C(=O)c1cscn1)C1CC1. The van der Waals surface area contributed by atoms with Gasteiger partial charge in [0, 0.05) is 18.0 Å². The molecule has 1 aliphatic carbocycles. The van der Waals surface area contributed by atoms with Crippen LogP contribution in [0.3, 0.4) is 0 Å². The molecule has 2 rings (SSSR count). The number of carbonyl (C=O) groups is 1. The van der Waals surface area contributed by atoms with E-state index in [0.29, 0.717) is 11.7 Å². The van der Waals surface area contributed by atoms with Gasteiger partial charge < -0.3 is 4.90 Å². The minimum absolute atomic E-state index is 0.107. The van der Waals surface area contributed by atoms with E-state index in [1.165, 1.54) is 11.3 Å². The maximum atomic E-state index is 11.9. The van der Waals surface area contributed by atoms with E-state index in [1.807, 2.05) is 10.3 Å². The molecule has 0 aliphatic heterocycles. The Labute approximate surface area is 87.8 Å². The van der Waals surface area contributed by atoms with Crippen molar-refractivity contribution in [3.05, 3.63) is 16.6 Å². The Hall–Kier alpha value is -0.900. The number of hydrogen-bond donors (Lipinski definition) is 0. The number of aromatic nitrogens is 1. The van der Waals surface area contributed by atoms with Gasteiger partial charge in [-0.3, -0.25) is 4.79 Å². The molecule has 3 nitrogen and oxygen atoms in total. The van der Waals surface area contributed by atoms with E-state index in [2.05, 4.69) is 11.9 Å². The second-order valence-electron chi connectivity index (χ2n) is 3.60. The second kappa shape index (κ2) is 4.09. The monoisotopic (exact) mass is 210 g/mol. The highest BCUT2D eigenvalue weighted by Crippen LogP contribution is 2.28. The van der Waals surface area contributed by atoms with Gasteiger partial charge in [0.25, 0.3) is 5.91 Å². The minimum Gasteiger partial charge on any atom is -0.334 e. The Morgan fingerprint density at radius 3 is 3.00 bits per heavy atom.